The molecule has 210 valence electrons. The van der Waals surface area contributed by atoms with Crippen molar-refractivity contribution in [1.29, 1.82) is 0 Å². The fourth-order valence-electron chi connectivity index (χ4n) is 4.96. The van der Waals surface area contributed by atoms with Crippen LogP contribution in [0.3, 0.4) is 0 Å². The van der Waals surface area contributed by atoms with E-state index in [1.54, 1.807) is 24.3 Å². The Morgan fingerprint density at radius 1 is 0.895 bits per heavy atom. The lowest BCUT2D eigenvalue weighted by molar-refractivity contribution is -0.277. The third-order valence-corrected chi connectivity index (χ3v) is 7.18. The van der Waals surface area contributed by atoms with Gasteiger partial charge in [0.05, 0.1) is 39.6 Å². The molecule has 0 saturated carbocycles. The standard InChI is InChI=1S/C26H34O12/c1-34-18-7-12(3-5-16(18)29)21(30)15-11-36-25(14(15)9-27)13-4-6-17(19(8-13)35-2)37-26-24(33)23(32)22(31)20(10-28)38-26/h3-8,14-15,20-33H,9-11H2,1-2H3/t14-,15-,20+,21-,22-,23-,24-,25-,26-/m1/s1. The monoisotopic (exact) mass is 538 g/mol. The van der Waals surface area contributed by atoms with Crippen LogP contribution in [-0.4, -0.2) is 100 Å². The van der Waals surface area contributed by atoms with Crippen LogP contribution >= 0.6 is 0 Å². The first-order valence-corrected chi connectivity index (χ1v) is 12.2. The second-order valence-corrected chi connectivity index (χ2v) is 9.37. The molecule has 38 heavy (non-hydrogen) atoms. The SMILES string of the molecule is COc1cc([C@@H](O)[C@@H]2CO[C@H](c3ccc(O[C@@H]4O[C@@H](CO)[C@@H](O)[C@@H](O)[C@H]4O)c(OC)c3)[C@@H]2CO)ccc1O. The molecule has 7 N–H and O–H groups in total. The number of hydrogen-bond acceptors (Lipinski definition) is 12. The summed E-state index contributed by atoms with van der Waals surface area (Å²) < 4.78 is 27.7. The van der Waals surface area contributed by atoms with Gasteiger partial charge in [-0.2, -0.15) is 0 Å². The molecule has 0 amide bonds. The first-order chi connectivity index (χ1) is 18.2. The molecule has 12 nitrogen and oxygen atoms in total. The van der Waals surface area contributed by atoms with Gasteiger partial charge >= 0.3 is 0 Å². The van der Waals surface area contributed by atoms with Crippen LogP contribution in [0.15, 0.2) is 36.4 Å². The number of aliphatic hydroxyl groups is 6. The summed E-state index contributed by atoms with van der Waals surface area (Å²) in [6, 6.07) is 9.40. The fraction of sp³-hybridized carbons (Fsp3) is 0.538. The highest BCUT2D eigenvalue weighted by Crippen LogP contribution is 2.46. The molecule has 2 saturated heterocycles. The van der Waals surface area contributed by atoms with Crippen molar-refractivity contribution >= 4 is 0 Å². The molecule has 0 aromatic heterocycles. The Labute approximate surface area is 219 Å². The minimum atomic E-state index is -1.59. The molecule has 2 heterocycles. The highest BCUT2D eigenvalue weighted by atomic mass is 16.7. The van der Waals surface area contributed by atoms with E-state index >= 15 is 0 Å². The Balaban J connectivity index is 1.52. The van der Waals surface area contributed by atoms with Gasteiger partial charge in [-0.05, 0) is 35.4 Å². The number of hydrogen-bond donors (Lipinski definition) is 7. The van der Waals surface area contributed by atoms with Gasteiger partial charge in [0.1, 0.15) is 24.4 Å². The van der Waals surface area contributed by atoms with Gasteiger partial charge in [0, 0.05) is 18.4 Å². The Kier molecular flexibility index (Phi) is 8.96. The predicted octanol–water partition coefficient (Wildman–Crippen LogP) is -0.382. The molecule has 0 bridgehead atoms. The maximum atomic E-state index is 11.1. The lowest BCUT2D eigenvalue weighted by atomic mass is 9.82. The molecule has 9 atom stereocenters. The Morgan fingerprint density at radius 3 is 2.29 bits per heavy atom. The van der Waals surface area contributed by atoms with Gasteiger partial charge in [0.2, 0.25) is 6.29 Å². The number of rotatable bonds is 9. The molecule has 2 aromatic carbocycles. The molecule has 2 fully saturated rings. The van der Waals surface area contributed by atoms with E-state index < -0.39 is 61.4 Å². The van der Waals surface area contributed by atoms with Gasteiger partial charge in [-0.1, -0.05) is 12.1 Å². The molecule has 4 rings (SSSR count). The first-order valence-electron chi connectivity index (χ1n) is 12.2. The van der Waals surface area contributed by atoms with Crippen LogP contribution in [0.1, 0.15) is 23.3 Å². The van der Waals surface area contributed by atoms with E-state index in [-0.39, 0.29) is 36.2 Å². The zero-order valence-electron chi connectivity index (χ0n) is 21.0. The van der Waals surface area contributed by atoms with E-state index in [1.807, 2.05) is 0 Å². The molecule has 12 heteroatoms. The summed E-state index contributed by atoms with van der Waals surface area (Å²) in [6.45, 7) is -0.703. The smallest absolute Gasteiger partial charge is 0.229 e. The van der Waals surface area contributed by atoms with Crippen LogP contribution in [0.5, 0.6) is 23.0 Å². The van der Waals surface area contributed by atoms with Crippen molar-refractivity contribution in [2.75, 3.05) is 34.0 Å². The second-order valence-electron chi connectivity index (χ2n) is 9.37. The zero-order valence-corrected chi connectivity index (χ0v) is 21.0. The second kappa shape index (κ2) is 12.0. The van der Waals surface area contributed by atoms with E-state index in [0.717, 1.165) is 0 Å². The molecule has 2 aliphatic rings. The summed E-state index contributed by atoms with van der Waals surface area (Å²) in [4.78, 5) is 0. The lowest BCUT2D eigenvalue weighted by Crippen LogP contribution is -2.60. The highest BCUT2D eigenvalue weighted by Gasteiger charge is 2.45. The summed E-state index contributed by atoms with van der Waals surface area (Å²) >= 11 is 0. The van der Waals surface area contributed by atoms with Crippen LogP contribution in [0.2, 0.25) is 0 Å². The minimum Gasteiger partial charge on any atom is -0.504 e. The highest BCUT2D eigenvalue weighted by molar-refractivity contribution is 5.45. The third-order valence-electron chi connectivity index (χ3n) is 7.18. The summed E-state index contributed by atoms with van der Waals surface area (Å²) in [5, 5.41) is 70.8. The van der Waals surface area contributed by atoms with E-state index in [0.29, 0.717) is 11.1 Å². The van der Waals surface area contributed by atoms with Crippen molar-refractivity contribution in [1.82, 2.24) is 0 Å². The van der Waals surface area contributed by atoms with E-state index in [1.165, 1.54) is 26.4 Å². The van der Waals surface area contributed by atoms with Gasteiger partial charge in [-0.15, -0.1) is 0 Å². The molecule has 0 radical (unpaired) electrons. The quantitative estimate of drug-likeness (QED) is 0.220. The van der Waals surface area contributed by atoms with E-state index in [4.69, 9.17) is 23.7 Å². The predicted molar refractivity (Wildman–Crippen MR) is 130 cm³/mol. The molecule has 2 aliphatic heterocycles. The topological polar surface area (TPSA) is 188 Å². The summed E-state index contributed by atoms with van der Waals surface area (Å²) in [5.41, 5.74) is 1.15. The number of benzene rings is 2. The minimum absolute atomic E-state index is 0.0548. The zero-order chi connectivity index (χ0) is 27.6. The van der Waals surface area contributed by atoms with E-state index in [2.05, 4.69) is 0 Å². The van der Waals surface area contributed by atoms with Crippen LogP contribution in [0.25, 0.3) is 0 Å². The van der Waals surface area contributed by atoms with Gasteiger partial charge in [-0.25, -0.2) is 0 Å². The van der Waals surface area contributed by atoms with Gasteiger partial charge in [-0.3, -0.25) is 0 Å². The summed E-state index contributed by atoms with van der Waals surface area (Å²) in [5.74, 6) is -0.376. The summed E-state index contributed by atoms with van der Waals surface area (Å²) in [7, 11) is 2.82. The largest absolute Gasteiger partial charge is 0.504 e. The Morgan fingerprint density at radius 2 is 1.63 bits per heavy atom. The average Bonchev–Trinajstić information content (AvgIpc) is 3.37. The van der Waals surface area contributed by atoms with Crippen LogP contribution in [-0.2, 0) is 9.47 Å². The average molecular weight is 539 g/mol. The van der Waals surface area contributed by atoms with Crippen molar-refractivity contribution in [2.24, 2.45) is 11.8 Å². The molecule has 2 aromatic rings. The normalized spacial score (nSPS) is 32.1. The number of aliphatic hydroxyl groups excluding tert-OH is 6. The lowest BCUT2D eigenvalue weighted by Gasteiger charge is -2.39. The van der Waals surface area contributed by atoms with Gasteiger partial charge in [0.25, 0.3) is 0 Å². The number of ether oxygens (including phenoxy) is 5. The third kappa shape index (κ3) is 5.40. The summed E-state index contributed by atoms with van der Waals surface area (Å²) in [6.07, 6.45) is -8.80. The van der Waals surface area contributed by atoms with Crippen molar-refractivity contribution in [2.45, 2.75) is 42.9 Å². The fourth-order valence-corrected chi connectivity index (χ4v) is 4.96. The molecule has 0 unspecified atom stereocenters. The Hall–Kier alpha value is -2.68. The van der Waals surface area contributed by atoms with Crippen LogP contribution in [0, 0.1) is 11.8 Å². The maximum Gasteiger partial charge on any atom is 0.229 e. The van der Waals surface area contributed by atoms with Crippen molar-refractivity contribution in [3.63, 3.8) is 0 Å². The number of methoxy groups -OCH3 is 2. The van der Waals surface area contributed by atoms with Crippen molar-refractivity contribution in [3.8, 4) is 23.0 Å². The first kappa shape index (κ1) is 28.3. The van der Waals surface area contributed by atoms with E-state index in [9.17, 15) is 35.7 Å². The molecule has 0 aliphatic carbocycles. The van der Waals surface area contributed by atoms with Crippen molar-refractivity contribution in [3.05, 3.63) is 47.5 Å². The van der Waals surface area contributed by atoms with Crippen LogP contribution in [0.4, 0.5) is 0 Å². The van der Waals surface area contributed by atoms with Gasteiger partial charge in [0.15, 0.2) is 23.0 Å². The van der Waals surface area contributed by atoms with Crippen molar-refractivity contribution < 1.29 is 59.4 Å². The van der Waals surface area contributed by atoms with Crippen LogP contribution < -0.4 is 14.2 Å². The molecule has 0 spiro atoms. The number of phenolic OH excluding ortho intramolecular Hbond substituents is 1. The van der Waals surface area contributed by atoms with Gasteiger partial charge < -0.3 is 59.4 Å². The molecular formula is C26H34O12. The Bertz CT molecular complexity index is 1080. The molecular weight excluding hydrogens is 504 g/mol. The number of aromatic hydroxyl groups is 1. The number of phenols is 1. The maximum absolute atomic E-state index is 11.1.